The van der Waals surface area contributed by atoms with Crippen LogP contribution in [-0.2, 0) is 4.74 Å². The van der Waals surface area contributed by atoms with Gasteiger partial charge in [0.25, 0.3) is 0 Å². The SMILES string of the molecule is COC(=O)c1c(-c2cccc(Cl)c2)ccnc1C(=O)c1cccc(Cl)c1. The van der Waals surface area contributed by atoms with Crippen LogP contribution in [-0.4, -0.2) is 23.8 Å². The Labute approximate surface area is 160 Å². The first-order valence-corrected chi connectivity index (χ1v) is 8.40. The summed E-state index contributed by atoms with van der Waals surface area (Å²) < 4.78 is 4.89. The maximum atomic E-state index is 12.9. The van der Waals surface area contributed by atoms with Gasteiger partial charge in [-0.2, -0.15) is 0 Å². The number of ether oxygens (including phenoxy) is 1. The lowest BCUT2D eigenvalue weighted by molar-refractivity contribution is 0.0597. The van der Waals surface area contributed by atoms with Crippen molar-refractivity contribution in [2.24, 2.45) is 0 Å². The Kier molecular flexibility index (Phi) is 5.35. The number of aromatic nitrogens is 1. The second-order valence-electron chi connectivity index (χ2n) is 5.42. The lowest BCUT2D eigenvalue weighted by Crippen LogP contribution is -2.15. The van der Waals surface area contributed by atoms with Crippen LogP contribution in [0.4, 0.5) is 0 Å². The Morgan fingerprint density at radius 2 is 1.65 bits per heavy atom. The molecule has 0 N–H and O–H groups in total. The summed E-state index contributed by atoms with van der Waals surface area (Å²) >= 11 is 12.0. The quantitative estimate of drug-likeness (QED) is 0.464. The van der Waals surface area contributed by atoms with E-state index in [1.54, 1.807) is 48.5 Å². The highest BCUT2D eigenvalue weighted by molar-refractivity contribution is 6.31. The number of hydrogen-bond donors (Lipinski definition) is 0. The zero-order valence-electron chi connectivity index (χ0n) is 13.7. The molecule has 1 heterocycles. The van der Waals surface area contributed by atoms with Crippen molar-refractivity contribution in [1.82, 2.24) is 4.98 Å². The van der Waals surface area contributed by atoms with Crippen LogP contribution in [0.15, 0.2) is 60.8 Å². The number of halogens is 2. The van der Waals surface area contributed by atoms with E-state index in [1.807, 2.05) is 0 Å². The Bertz CT molecular complexity index is 1000. The van der Waals surface area contributed by atoms with Crippen molar-refractivity contribution in [3.8, 4) is 11.1 Å². The number of pyridine rings is 1. The van der Waals surface area contributed by atoms with Gasteiger partial charge < -0.3 is 4.74 Å². The van der Waals surface area contributed by atoms with Crippen LogP contribution in [0.25, 0.3) is 11.1 Å². The second kappa shape index (κ2) is 7.68. The highest BCUT2D eigenvalue weighted by Gasteiger charge is 2.25. The number of esters is 1. The van der Waals surface area contributed by atoms with Gasteiger partial charge in [0.05, 0.1) is 12.7 Å². The van der Waals surface area contributed by atoms with E-state index in [9.17, 15) is 9.59 Å². The fourth-order valence-electron chi connectivity index (χ4n) is 2.61. The second-order valence-corrected chi connectivity index (χ2v) is 6.30. The van der Waals surface area contributed by atoms with E-state index in [0.717, 1.165) is 0 Å². The third-order valence-corrected chi connectivity index (χ3v) is 4.25. The number of carbonyl (C=O) groups is 2. The number of ketones is 1. The molecule has 0 aliphatic rings. The van der Waals surface area contributed by atoms with Gasteiger partial charge in [-0.15, -0.1) is 0 Å². The van der Waals surface area contributed by atoms with E-state index in [2.05, 4.69) is 4.98 Å². The molecule has 0 fully saturated rings. The molecule has 3 aromatic rings. The maximum absolute atomic E-state index is 12.9. The number of nitrogens with zero attached hydrogens (tertiary/aromatic N) is 1. The first-order chi connectivity index (χ1) is 12.5. The summed E-state index contributed by atoms with van der Waals surface area (Å²) in [5.41, 5.74) is 1.61. The number of methoxy groups -OCH3 is 1. The highest BCUT2D eigenvalue weighted by Crippen LogP contribution is 2.29. The normalized spacial score (nSPS) is 10.4. The van der Waals surface area contributed by atoms with Crippen molar-refractivity contribution in [2.75, 3.05) is 7.11 Å². The fraction of sp³-hybridized carbons (Fsp3) is 0.0500. The van der Waals surface area contributed by atoms with E-state index in [1.165, 1.54) is 19.4 Å². The predicted molar refractivity (Wildman–Crippen MR) is 101 cm³/mol. The summed E-state index contributed by atoms with van der Waals surface area (Å²) in [6.45, 7) is 0. The number of carbonyl (C=O) groups excluding carboxylic acids is 2. The summed E-state index contributed by atoms with van der Waals surface area (Å²) in [5.74, 6) is -1.07. The first-order valence-electron chi connectivity index (χ1n) is 7.65. The summed E-state index contributed by atoms with van der Waals surface area (Å²) in [4.78, 5) is 29.5. The highest BCUT2D eigenvalue weighted by atomic mass is 35.5. The average molecular weight is 386 g/mol. The minimum atomic E-state index is -0.654. The molecule has 1 aromatic heterocycles. The van der Waals surface area contributed by atoms with Crippen LogP contribution in [0.5, 0.6) is 0 Å². The minimum absolute atomic E-state index is 0.00316. The lowest BCUT2D eigenvalue weighted by atomic mass is 9.95. The van der Waals surface area contributed by atoms with E-state index >= 15 is 0 Å². The Morgan fingerprint density at radius 1 is 0.962 bits per heavy atom. The lowest BCUT2D eigenvalue weighted by Gasteiger charge is -2.12. The van der Waals surface area contributed by atoms with Crippen LogP contribution in [0.3, 0.4) is 0 Å². The van der Waals surface area contributed by atoms with E-state index in [-0.39, 0.29) is 11.3 Å². The van der Waals surface area contributed by atoms with Crippen LogP contribution < -0.4 is 0 Å². The average Bonchev–Trinajstić information content (AvgIpc) is 2.66. The Balaban J connectivity index is 2.21. The largest absolute Gasteiger partial charge is 0.465 e. The molecule has 0 saturated carbocycles. The Hall–Kier alpha value is -2.69. The van der Waals surface area contributed by atoms with Crippen molar-refractivity contribution < 1.29 is 14.3 Å². The summed E-state index contributed by atoms with van der Waals surface area (Å²) in [6, 6.07) is 15.1. The molecule has 6 heteroatoms. The Morgan fingerprint density at radius 3 is 2.31 bits per heavy atom. The summed E-state index contributed by atoms with van der Waals surface area (Å²) in [5, 5.41) is 0.930. The summed E-state index contributed by atoms with van der Waals surface area (Å²) in [6.07, 6.45) is 1.47. The molecule has 0 bridgehead atoms. The number of rotatable bonds is 4. The standard InChI is InChI=1S/C20H13Cl2NO3/c1-26-20(25)17-16(12-4-2-6-14(21)10-12)8-9-23-18(17)19(24)13-5-3-7-15(22)11-13/h2-11H,1H3. The predicted octanol–water partition coefficient (Wildman–Crippen LogP) is 5.07. The summed E-state index contributed by atoms with van der Waals surface area (Å²) in [7, 11) is 1.25. The van der Waals surface area contributed by atoms with Gasteiger partial charge in [0.2, 0.25) is 5.78 Å². The zero-order chi connectivity index (χ0) is 18.7. The van der Waals surface area contributed by atoms with Gasteiger partial charge in [0, 0.05) is 27.4 Å². The third kappa shape index (κ3) is 3.62. The smallest absolute Gasteiger partial charge is 0.340 e. The molecule has 0 saturated heterocycles. The number of hydrogen-bond acceptors (Lipinski definition) is 4. The van der Waals surface area contributed by atoms with E-state index in [4.69, 9.17) is 27.9 Å². The molecule has 130 valence electrons. The molecule has 0 atom stereocenters. The third-order valence-electron chi connectivity index (χ3n) is 3.78. The molecule has 2 aromatic carbocycles. The molecular weight excluding hydrogens is 373 g/mol. The van der Waals surface area contributed by atoms with Gasteiger partial charge >= 0.3 is 5.97 Å². The van der Waals surface area contributed by atoms with Crippen molar-refractivity contribution in [1.29, 1.82) is 0 Å². The van der Waals surface area contributed by atoms with Crippen LogP contribution in [0, 0.1) is 0 Å². The molecule has 0 radical (unpaired) electrons. The molecule has 26 heavy (non-hydrogen) atoms. The van der Waals surface area contributed by atoms with Gasteiger partial charge in [-0.3, -0.25) is 9.78 Å². The van der Waals surface area contributed by atoms with Gasteiger partial charge in [0.1, 0.15) is 5.69 Å². The van der Waals surface area contributed by atoms with E-state index < -0.39 is 11.8 Å². The monoisotopic (exact) mass is 385 g/mol. The molecule has 0 aliphatic heterocycles. The molecule has 0 aliphatic carbocycles. The molecule has 0 amide bonds. The molecule has 4 nitrogen and oxygen atoms in total. The molecule has 0 spiro atoms. The van der Waals surface area contributed by atoms with Crippen molar-refractivity contribution in [3.05, 3.63) is 87.7 Å². The van der Waals surface area contributed by atoms with Crippen molar-refractivity contribution in [3.63, 3.8) is 0 Å². The maximum Gasteiger partial charge on any atom is 0.340 e. The van der Waals surface area contributed by atoms with Crippen LogP contribution in [0.1, 0.15) is 26.4 Å². The number of benzene rings is 2. The first kappa shape index (κ1) is 18.1. The van der Waals surface area contributed by atoms with Gasteiger partial charge in [-0.25, -0.2) is 4.79 Å². The van der Waals surface area contributed by atoms with Crippen LogP contribution >= 0.6 is 23.2 Å². The molecule has 3 rings (SSSR count). The van der Waals surface area contributed by atoms with Gasteiger partial charge in [-0.05, 0) is 35.9 Å². The fourth-order valence-corrected chi connectivity index (χ4v) is 2.99. The van der Waals surface area contributed by atoms with E-state index in [0.29, 0.717) is 26.7 Å². The minimum Gasteiger partial charge on any atom is -0.465 e. The van der Waals surface area contributed by atoms with Crippen molar-refractivity contribution >= 4 is 35.0 Å². The van der Waals surface area contributed by atoms with Gasteiger partial charge in [0.15, 0.2) is 0 Å². The molecule has 0 unspecified atom stereocenters. The zero-order valence-corrected chi connectivity index (χ0v) is 15.2. The topological polar surface area (TPSA) is 56.3 Å². The van der Waals surface area contributed by atoms with Crippen LogP contribution in [0.2, 0.25) is 10.0 Å². The van der Waals surface area contributed by atoms with Gasteiger partial charge in [-0.1, -0.05) is 47.5 Å². The molecular formula is C20H13Cl2NO3. The van der Waals surface area contributed by atoms with Crippen molar-refractivity contribution in [2.45, 2.75) is 0 Å².